The van der Waals surface area contributed by atoms with Crippen molar-refractivity contribution in [1.82, 2.24) is 0 Å². The molecular formula is C46H29NOSe. The Bertz CT molecular complexity index is 2840. The quantitative estimate of drug-likeness (QED) is 0.167. The minimum Gasteiger partial charge on any atom is -0.0617 e. The smallest absolute Gasteiger partial charge is 0.0617 e. The molecule has 0 unspecified atom stereocenters. The molecular weight excluding hydrogens is 661 g/mol. The second-order valence-corrected chi connectivity index (χ2v) is 14.7. The molecule has 0 radical (unpaired) electrons. The summed E-state index contributed by atoms with van der Waals surface area (Å²) in [5.74, 6) is 0. The Balaban J connectivity index is 1.19. The van der Waals surface area contributed by atoms with Gasteiger partial charge < -0.3 is 0 Å². The van der Waals surface area contributed by atoms with E-state index in [2.05, 4.69) is 169 Å². The number of benzene rings is 8. The van der Waals surface area contributed by atoms with Gasteiger partial charge in [-0.1, -0.05) is 18.2 Å². The van der Waals surface area contributed by atoms with Gasteiger partial charge in [0.05, 0.1) is 0 Å². The first kappa shape index (κ1) is 28.2. The van der Waals surface area contributed by atoms with Crippen molar-refractivity contribution >= 4 is 83.6 Å². The molecule has 49 heavy (non-hydrogen) atoms. The van der Waals surface area contributed by atoms with Gasteiger partial charge in [0, 0.05) is 0 Å². The van der Waals surface area contributed by atoms with E-state index in [0.29, 0.717) is 0 Å². The van der Waals surface area contributed by atoms with Crippen LogP contribution in [0.5, 0.6) is 0 Å². The molecule has 0 amide bonds. The van der Waals surface area contributed by atoms with Crippen molar-refractivity contribution in [3.8, 4) is 22.3 Å². The van der Waals surface area contributed by atoms with E-state index in [1.54, 1.807) is 0 Å². The van der Waals surface area contributed by atoms with E-state index >= 15 is 0 Å². The van der Waals surface area contributed by atoms with Crippen LogP contribution in [-0.2, 0) is 0 Å². The van der Waals surface area contributed by atoms with Gasteiger partial charge in [0.2, 0.25) is 0 Å². The fraction of sp³-hybridized carbons (Fsp3) is 0. The third-order valence-electron chi connectivity index (χ3n) is 9.65. The van der Waals surface area contributed by atoms with Gasteiger partial charge in [-0.15, -0.1) is 0 Å². The van der Waals surface area contributed by atoms with Crippen molar-refractivity contribution < 1.29 is 4.42 Å². The zero-order valence-corrected chi connectivity index (χ0v) is 28.2. The number of furan rings is 1. The molecule has 0 fully saturated rings. The minimum atomic E-state index is 0.255. The Labute approximate surface area is 289 Å². The number of nitrogens with zero attached hydrogens (tertiary/aromatic N) is 1. The fourth-order valence-electron chi connectivity index (χ4n) is 7.35. The molecule has 0 spiro atoms. The van der Waals surface area contributed by atoms with Crippen LogP contribution in [0.4, 0.5) is 17.1 Å². The minimum absolute atomic E-state index is 0.255. The average molecular weight is 691 g/mol. The van der Waals surface area contributed by atoms with Crippen LogP contribution in [0.15, 0.2) is 180 Å². The van der Waals surface area contributed by atoms with Gasteiger partial charge in [0.1, 0.15) is 0 Å². The number of para-hydroxylation sites is 1. The van der Waals surface area contributed by atoms with E-state index in [1.165, 1.54) is 52.3 Å². The Morgan fingerprint density at radius 3 is 1.92 bits per heavy atom. The fourth-order valence-corrected chi connectivity index (χ4v) is 9.91. The van der Waals surface area contributed by atoms with Crippen LogP contribution in [0, 0.1) is 0 Å². The van der Waals surface area contributed by atoms with E-state index in [-0.39, 0.29) is 14.5 Å². The first-order chi connectivity index (χ1) is 24.3. The SMILES string of the molecule is c1ccc(-c2ccccc2-c2cccc(N(c3ccc4oc5ccccc5c4c3)c3ccc4[se]c5c6ccccc6ccc5c4c3)c2)cc1. The van der Waals surface area contributed by atoms with Crippen LogP contribution < -0.4 is 4.90 Å². The topological polar surface area (TPSA) is 16.4 Å². The van der Waals surface area contributed by atoms with Gasteiger partial charge in [-0.05, 0) is 0 Å². The molecule has 10 aromatic rings. The summed E-state index contributed by atoms with van der Waals surface area (Å²) >= 11 is 0.255. The summed E-state index contributed by atoms with van der Waals surface area (Å²) in [7, 11) is 0. The molecule has 3 heteroatoms. The van der Waals surface area contributed by atoms with Crippen LogP contribution in [0.3, 0.4) is 0 Å². The molecule has 2 heterocycles. The molecule has 0 aliphatic heterocycles. The molecule has 0 atom stereocenters. The molecule has 0 saturated heterocycles. The van der Waals surface area contributed by atoms with E-state index in [0.717, 1.165) is 39.0 Å². The molecule has 230 valence electrons. The van der Waals surface area contributed by atoms with E-state index in [4.69, 9.17) is 4.42 Å². The molecule has 2 nitrogen and oxygen atoms in total. The summed E-state index contributed by atoms with van der Waals surface area (Å²) in [5.41, 5.74) is 9.96. The predicted molar refractivity (Wildman–Crippen MR) is 209 cm³/mol. The van der Waals surface area contributed by atoms with E-state index < -0.39 is 0 Å². The second-order valence-electron chi connectivity index (χ2n) is 12.5. The zero-order chi connectivity index (χ0) is 32.3. The summed E-state index contributed by atoms with van der Waals surface area (Å²) in [6.07, 6.45) is 0. The van der Waals surface area contributed by atoms with E-state index in [9.17, 15) is 0 Å². The molecule has 10 rings (SSSR count). The summed E-state index contributed by atoms with van der Waals surface area (Å²) in [5, 5.41) is 7.62. The Kier molecular flexibility index (Phi) is 6.55. The normalized spacial score (nSPS) is 11.7. The van der Waals surface area contributed by atoms with Crippen molar-refractivity contribution in [2.45, 2.75) is 0 Å². The second kappa shape index (κ2) is 11.4. The number of hydrogen-bond donors (Lipinski definition) is 0. The van der Waals surface area contributed by atoms with Crippen molar-refractivity contribution in [3.05, 3.63) is 176 Å². The molecule has 0 bridgehead atoms. The Hall–Kier alpha value is -5.86. The third kappa shape index (κ3) is 4.70. The van der Waals surface area contributed by atoms with Gasteiger partial charge in [-0.2, -0.15) is 0 Å². The van der Waals surface area contributed by atoms with E-state index in [1.807, 2.05) is 12.1 Å². The predicted octanol–water partition coefficient (Wildman–Crippen LogP) is 12.9. The average Bonchev–Trinajstić information content (AvgIpc) is 3.74. The summed E-state index contributed by atoms with van der Waals surface area (Å²) in [4.78, 5) is 2.40. The van der Waals surface area contributed by atoms with Crippen LogP contribution in [0.1, 0.15) is 0 Å². The zero-order valence-electron chi connectivity index (χ0n) is 26.5. The first-order valence-electron chi connectivity index (χ1n) is 16.6. The van der Waals surface area contributed by atoms with Crippen LogP contribution in [-0.4, -0.2) is 14.5 Å². The summed E-state index contributed by atoms with van der Waals surface area (Å²) < 4.78 is 9.17. The van der Waals surface area contributed by atoms with Crippen LogP contribution >= 0.6 is 0 Å². The van der Waals surface area contributed by atoms with Gasteiger partial charge in [-0.25, -0.2) is 0 Å². The monoisotopic (exact) mass is 691 g/mol. The van der Waals surface area contributed by atoms with Gasteiger partial charge in [0.15, 0.2) is 0 Å². The van der Waals surface area contributed by atoms with Crippen molar-refractivity contribution in [3.63, 3.8) is 0 Å². The molecule has 0 N–H and O–H groups in total. The Morgan fingerprint density at radius 2 is 1.04 bits per heavy atom. The van der Waals surface area contributed by atoms with Crippen LogP contribution in [0.25, 0.3) is 74.3 Å². The molecule has 0 aliphatic rings. The maximum absolute atomic E-state index is 6.25. The standard InChI is InChI=1S/C46H29NOSe/c1-2-11-30(12-3-1)36-16-6-7-17-37(36)32-14-10-15-33(27-32)47(34-22-25-44-41(28-34)39-19-8-9-20-43(39)48-44)35-23-26-45-42(29-35)40-24-21-31-13-4-5-18-38(31)46(40)49-45/h1-29H. The number of hydrogen-bond acceptors (Lipinski definition) is 2. The van der Waals surface area contributed by atoms with Gasteiger partial charge >= 0.3 is 273 Å². The maximum atomic E-state index is 6.25. The van der Waals surface area contributed by atoms with Gasteiger partial charge in [0.25, 0.3) is 0 Å². The number of rotatable bonds is 5. The summed E-state index contributed by atoms with van der Waals surface area (Å²) in [6, 6.07) is 63.7. The summed E-state index contributed by atoms with van der Waals surface area (Å²) in [6.45, 7) is 0. The molecule has 0 aliphatic carbocycles. The number of anilines is 3. The van der Waals surface area contributed by atoms with Crippen molar-refractivity contribution in [2.75, 3.05) is 4.90 Å². The molecule has 0 saturated carbocycles. The molecule has 8 aromatic carbocycles. The number of fused-ring (bicyclic) bond motifs is 8. The van der Waals surface area contributed by atoms with Crippen LogP contribution in [0.2, 0.25) is 0 Å². The van der Waals surface area contributed by atoms with Crippen molar-refractivity contribution in [2.24, 2.45) is 0 Å². The first-order valence-corrected chi connectivity index (χ1v) is 18.3. The third-order valence-corrected chi connectivity index (χ3v) is 12.2. The Morgan fingerprint density at radius 1 is 0.388 bits per heavy atom. The van der Waals surface area contributed by atoms with Crippen molar-refractivity contribution in [1.29, 1.82) is 0 Å². The molecule has 2 aromatic heterocycles. The van der Waals surface area contributed by atoms with Gasteiger partial charge in [-0.3, -0.25) is 0 Å².